The molecule has 0 aromatic heterocycles. The lowest BCUT2D eigenvalue weighted by atomic mass is 9.43. The van der Waals surface area contributed by atoms with Crippen LogP contribution in [0.3, 0.4) is 0 Å². The lowest BCUT2D eigenvalue weighted by molar-refractivity contribution is -0.259. The minimum Gasteiger partial charge on any atom is -0.465 e. The first-order chi connectivity index (χ1) is 20.7. The highest BCUT2D eigenvalue weighted by molar-refractivity contribution is 7.86. The summed E-state index contributed by atoms with van der Waals surface area (Å²) in [6.45, 7) is 6.70. The summed E-state index contributed by atoms with van der Waals surface area (Å²) in [5, 5.41) is 5.72. The van der Waals surface area contributed by atoms with Crippen molar-refractivity contribution < 1.29 is 68.6 Å². The van der Waals surface area contributed by atoms with Crippen LogP contribution in [0.4, 0.5) is 22.0 Å². The minimum atomic E-state index is -6.55. The molecule has 2 N–H and O–H groups in total. The molecule has 0 spiro atoms. The van der Waals surface area contributed by atoms with Gasteiger partial charge in [-0.1, -0.05) is 20.8 Å². The van der Waals surface area contributed by atoms with E-state index in [2.05, 4.69) is 11.7 Å². The highest BCUT2D eigenvalue weighted by atomic mass is 32.2. The van der Waals surface area contributed by atoms with Crippen LogP contribution in [0.2, 0.25) is 0 Å². The minimum absolute atomic E-state index is 0.000682. The molecule has 4 aliphatic rings. The summed E-state index contributed by atoms with van der Waals surface area (Å²) < 4.78 is 113. The zero-order valence-corrected chi connectivity index (χ0v) is 26.1. The van der Waals surface area contributed by atoms with Gasteiger partial charge in [0.25, 0.3) is 19.0 Å². The highest BCUT2D eigenvalue weighted by Gasteiger charge is 2.68. The Balaban J connectivity index is 1.51. The van der Waals surface area contributed by atoms with Crippen molar-refractivity contribution in [1.82, 2.24) is 0 Å². The maximum atomic E-state index is 13.9. The van der Waals surface area contributed by atoms with Crippen LogP contribution in [0.25, 0.3) is 0 Å². The van der Waals surface area contributed by atoms with Gasteiger partial charge < -0.3 is 19.3 Å². The Morgan fingerprint density at radius 3 is 2.22 bits per heavy atom. The molecular formula is C29H41F5O10S. The van der Waals surface area contributed by atoms with Gasteiger partial charge in [-0.25, -0.2) is 0 Å². The fourth-order valence-corrected chi connectivity index (χ4v) is 10.2. The van der Waals surface area contributed by atoms with Crippen LogP contribution >= 0.6 is 0 Å². The number of ether oxygens (including phenoxy) is 3. The van der Waals surface area contributed by atoms with Crippen LogP contribution in [-0.2, 0) is 38.7 Å². The molecule has 0 aromatic carbocycles. The number of hydrogen-bond donors (Lipinski definition) is 2. The van der Waals surface area contributed by atoms with Crippen molar-refractivity contribution in [1.29, 1.82) is 0 Å². The van der Waals surface area contributed by atoms with Crippen LogP contribution in [0.15, 0.2) is 0 Å². The van der Waals surface area contributed by atoms with E-state index in [0.29, 0.717) is 51.5 Å². The number of aliphatic hydroxyl groups excluding tert-OH is 1. The molecule has 258 valence electrons. The number of alkyl halides is 5. The van der Waals surface area contributed by atoms with E-state index in [1.165, 1.54) is 0 Å². The van der Waals surface area contributed by atoms with Crippen molar-refractivity contribution >= 4 is 29.0 Å². The Bertz CT molecular complexity index is 1230. The van der Waals surface area contributed by atoms with E-state index in [1.807, 2.05) is 6.92 Å². The number of hydrogen-bond acceptors (Lipinski definition) is 9. The highest BCUT2D eigenvalue weighted by Crippen LogP contribution is 2.69. The van der Waals surface area contributed by atoms with E-state index >= 15 is 0 Å². The van der Waals surface area contributed by atoms with Gasteiger partial charge in [0.15, 0.2) is 0 Å². The van der Waals surface area contributed by atoms with Gasteiger partial charge in [-0.3, -0.25) is 18.9 Å². The summed E-state index contributed by atoms with van der Waals surface area (Å²) in [5.74, 6) is -2.48. The van der Waals surface area contributed by atoms with Crippen LogP contribution in [0, 0.1) is 46.3 Å². The van der Waals surface area contributed by atoms with Gasteiger partial charge in [0.2, 0.25) is 0 Å². The first-order valence-electron chi connectivity index (χ1n) is 15.2. The number of rotatable bonds is 11. The quantitative estimate of drug-likeness (QED) is 0.104. The maximum Gasteiger partial charge on any atom is 0.432 e. The summed E-state index contributed by atoms with van der Waals surface area (Å²) in [7, 11) is -6.55. The average molecular weight is 677 g/mol. The van der Waals surface area contributed by atoms with E-state index < -0.39 is 63.6 Å². The number of halogens is 5. The molecule has 2 unspecified atom stereocenters. The molecule has 0 aliphatic heterocycles. The molecule has 4 aliphatic carbocycles. The third-order valence-electron chi connectivity index (χ3n) is 11.9. The molecule has 16 heteroatoms. The van der Waals surface area contributed by atoms with Gasteiger partial charge in [0.05, 0.1) is 6.10 Å². The zero-order valence-electron chi connectivity index (χ0n) is 25.3. The molecule has 45 heavy (non-hydrogen) atoms. The van der Waals surface area contributed by atoms with Crippen molar-refractivity contribution in [2.45, 2.75) is 114 Å². The van der Waals surface area contributed by atoms with Gasteiger partial charge in [-0.2, -0.15) is 30.4 Å². The van der Waals surface area contributed by atoms with Gasteiger partial charge in [0, 0.05) is 11.8 Å². The first-order valence-corrected chi connectivity index (χ1v) is 16.6. The van der Waals surface area contributed by atoms with E-state index in [0.717, 1.165) is 6.42 Å². The van der Waals surface area contributed by atoms with Crippen molar-refractivity contribution in [3.05, 3.63) is 0 Å². The Labute approximate surface area is 258 Å². The Hall–Kier alpha value is -2.07. The van der Waals surface area contributed by atoms with E-state index in [-0.39, 0.29) is 47.5 Å². The zero-order chi connectivity index (χ0) is 33.8. The van der Waals surface area contributed by atoms with Gasteiger partial charge in [0.1, 0.15) is 12.2 Å². The number of esters is 1. The van der Waals surface area contributed by atoms with E-state index in [9.17, 15) is 49.9 Å². The Morgan fingerprint density at radius 1 is 1.00 bits per heavy atom. The molecule has 0 radical (unpaired) electrons. The molecule has 0 bridgehead atoms. The van der Waals surface area contributed by atoms with Crippen LogP contribution < -0.4 is 0 Å². The standard InChI is InChI=1S/C29H41F5O10S/c1-15(4-7-23(38)44-25(28(30,31)32)29(33,34)45(39,40)41)18-5-6-19-24-20(12-22(43-14-36)27(18,19)3)26(2)9-8-17(42-13-35)10-16(26)11-21(24)37/h13-22,24-25,37H,4-12H2,1-3H3,(H,39,40,41)/t15-,16?,17-,18-,19+,20+,21-,22+,24+,25?,26+,27-/m1/s1. The summed E-state index contributed by atoms with van der Waals surface area (Å²) in [4.78, 5) is 35.0. The molecular weight excluding hydrogens is 635 g/mol. The second kappa shape index (κ2) is 12.5. The first kappa shape index (κ1) is 35.8. The molecule has 12 atom stereocenters. The topological polar surface area (TPSA) is 154 Å². The number of carbonyl (C=O) groups is 3. The van der Waals surface area contributed by atoms with Crippen molar-refractivity contribution in [3.63, 3.8) is 0 Å². The fourth-order valence-electron chi connectivity index (χ4n) is 9.76. The molecule has 0 aromatic rings. The summed E-state index contributed by atoms with van der Waals surface area (Å²) in [6.07, 6.45) is -8.41. The normalized spacial score (nSPS) is 39.8. The van der Waals surface area contributed by atoms with Gasteiger partial charge >= 0.3 is 27.5 Å². The SMILES string of the molecule is C[C@H](CCC(=O)OC(C(F)(F)F)C(F)(F)S(=O)(=O)O)[C@H]1CC[C@H]2[C@@H]3[C@H](O)CC4C[C@H](OC=O)CC[C@]4(C)[C@H]3C[C@H](OC=O)[C@]12C. The van der Waals surface area contributed by atoms with Gasteiger partial charge in [-0.15, -0.1) is 0 Å². The largest absolute Gasteiger partial charge is 0.465 e. The number of aliphatic hydroxyl groups is 1. The maximum absolute atomic E-state index is 13.9. The summed E-state index contributed by atoms with van der Waals surface area (Å²) in [6, 6.07) is 0. The molecule has 4 fully saturated rings. The smallest absolute Gasteiger partial charge is 0.432 e. The van der Waals surface area contributed by atoms with Crippen LogP contribution in [0.1, 0.15) is 78.6 Å². The van der Waals surface area contributed by atoms with E-state index in [4.69, 9.17) is 14.0 Å². The van der Waals surface area contributed by atoms with Crippen LogP contribution in [-0.4, -0.2) is 72.8 Å². The van der Waals surface area contributed by atoms with Crippen LogP contribution in [0.5, 0.6) is 0 Å². The number of carbonyl (C=O) groups excluding carboxylic acids is 3. The lowest BCUT2D eigenvalue weighted by Crippen LogP contribution is -2.62. The van der Waals surface area contributed by atoms with Gasteiger partial charge in [-0.05, 0) is 92.3 Å². The molecule has 4 rings (SSSR count). The third-order valence-corrected chi connectivity index (χ3v) is 12.8. The third kappa shape index (κ3) is 6.31. The second-order valence-electron chi connectivity index (χ2n) is 13.9. The lowest BCUT2D eigenvalue weighted by Gasteiger charge is -2.63. The van der Waals surface area contributed by atoms with Crippen molar-refractivity contribution in [2.75, 3.05) is 0 Å². The molecule has 0 heterocycles. The molecule has 0 saturated heterocycles. The summed E-state index contributed by atoms with van der Waals surface area (Å²) in [5.41, 5.74) is -0.884. The second-order valence-corrected chi connectivity index (χ2v) is 15.4. The predicted octanol–water partition coefficient (Wildman–Crippen LogP) is 4.68. The monoisotopic (exact) mass is 676 g/mol. The molecule has 4 saturated carbocycles. The summed E-state index contributed by atoms with van der Waals surface area (Å²) >= 11 is 0. The molecule has 0 amide bonds. The Kier molecular flexibility index (Phi) is 9.95. The average Bonchev–Trinajstić information content (AvgIpc) is 3.28. The van der Waals surface area contributed by atoms with Crippen molar-refractivity contribution in [2.24, 2.45) is 46.3 Å². The predicted molar refractivity (Wildman–Crippen MR) is 145 cm³/mol. The van der Waals surface area contributed by atoms with E-state index in [1.54, 1.807) is 6.92 Å². The fraction of sp³-hybridized carbons (Fsp3) is 0.897. The molecule has 10 nitrogen and oxygen atoms in total. The number of fused-ring (bicyclic) bond motifs is 5. The Morgan fingerprint density at radius 2 is 1.64 bits per heavy atom. The van der Waals surface area contributed by atoms with Crippen molar-refractivity contribution in [3.8, 4) is 0 Å².